The quantitative estimate of drug-likeness (QED) is 0.554. The van der Waals surface area contributed by atoms with Crippen molar-refractivity contribution in [3.8, 4) is 0 Å². The molecule has 0 aliphatic rings. The Labute approximate surface area is 94.7 Å². The first-order valence-electron chi connectivity index (χ1n) is 3.37. The van der Waals surface area contributed by atoms with Crippen LogP contribution in [0.4, 0.5) is 0 Å². The minimum absolute atomic E-state index is 0.472. The molecule has 0 amide bonds. The van der Waals surface area contributed by atoms with Crippen LogP contribution in [0.3, 0.4) is 0 Å². The molecule has 13 heavy (non-hydrogen) atoms. The van der Waals surface area contributed by atoms with Crippen LogP contribution >= 0.6 is 18.8 Å². The number of halogens is 2. The van der Waals surface area contributed by atoms with E-state index in [-0.39, 0.29) is 0 Å². The van der Waals surface area contributed by atoms with Crippen LogP contribution in [0.5, 0.6) is 0 Å². The van der Waals surface area contributed by atoms with Crippen molar-refractivity contribution in [1.29, 1.82) is 0 Å². The zero-order chi connectivity index (χ0) is 11.1. The summed E-state index contributed by atoms with van der Waals surface area (Å²) in [6, 6.07) is 0. The molecule has 0 aromatic carbocycles. The van der Waals surface area contributed by atoms with Crippen LogP contribution in [-0.2, 0) is 16.5 Å². The van der Waals surface area contributed by atoms with Gasteiger partial charge in [0.1, 0.15) is 5.54 Å². The SMILES string of the molecule is CC(C)(N=O)C(C)(C)NO.[Cl][Pt][Cl]. The summed E-state index contributed by atoms with van der Waals surface area (Å²) in [5, 5.41) is 11.5. The number of hydroxylamine groups is 1. The van der Waals surface area contributed by atoms with Gasteiger partial charge in [-0.3, -0.25) is 0 Å². The van der Waals surface area contributed by atoms with Crippen molar-refractivity contribution in [2.24, 2.45) is 5.18 Å². The van der Waals surface area contributed by atoms with Crippen LogP contribution < -0.4 is 5.48 Å². The van der Waals surface area contributed by atoms with E-state index in [0.717, 1.165) is 0 Å². The van der Waals surface area contributed by atoms with Gasteiger partial charge < -0.3 is 5.21 Å². The Balaban J connectivity index is 0. The van der Waals surface area contributed by atoms with Gasteiger partial charge in [-0.05, 0) is 27.7 Å². The Morgan fingerprint density at radius 3 is 1.69 bits per heavy atom. The molecule has 0 spiro atoms. The Morgan fingerprint density at radius 2 is 1.62 bits per heavy atom. The fourth-order valence-corrected chi connectivity index (χ4v) is 0.251. The number of hydrogen-bond donors (Lipinski definition) is 2. The molecule has 0 bridgehead atoms. The van der Waals surface area contributed by atoms with Crippen LogP contribution in [0.1, 0.15) is 27.7 Å². The Bertz CT molecular complexity index is 156. The third kappa shape index (κ3) is 5.97. The third-order valence-electron chi connectivity index (χ3n) is 2.04. The number of nitrogens with one attached hydrogen (secondary N) is 1. The minimum atomic E-state index is -0.804. The van der Waals surface area contributed by atoms with Crippen LogP contribution in [0, 0.1) is 4.91 Å². The van der Waals surface area contributed by atoms with E-state index in [1.54, 1.807) is 27.7 Å². The van der Waals surface area contributed by atoms with Crippen LogP contribution in [-0.4, -0.2) is 16.3 Å². The normalized spacial score (nSPS) is 11.9. The average Bonchev–Trinajstić information content (AvgIpc) is 2.05. The molecular formula is C6H14Cl2N2O2Pt. The van der Waals surface area contributed by atoms with Crippen molar-refractivity contribution < 1.29 is 21.7 Å². The van der Waals surface area contributed by atoms with Crippen molar-refractivity contribution in [2.75, 3.05) is 0 Å². The van der Waals surface area contributed by atoms with Gasteiger partial charge in [0.25, 0.3) is 0 Å². The van der Waals surface area contributed by atoms with E-state index >= 15 is 0 Å². The number of rotatable bonds is 3. The fraction of sp³-hybridized carbons (Fsp3) is 1.00. The molecule has 0 radical (unpaired) electrons. The van der Waals surface area contributed by atoms with E-state index in [4.69, 9.17) is 24.0 Å². The van der Waals surface area contributed by atoms with Gasteiger partial charge in [-0.2, -0.15) is 10.4 Å². The molecule has 0 atom stereocenters. The van der Waals surface area contributed by atoms with Gasteiger partial charge in [-0.25, -0.2) is 0 Å². The molecule has 0 unspecified atom stereocenters. The predicted octanol–water partition coefficient (Wildman–Crippen LogP) is 2.67. The van der Waals surface area contributed by atoms with Gasteiger partial charge in [0.15, 0.2) is 0 Å². The van der Waals surface area contributed by atoms with Gasteiger partial charge >= 0.3 is 35.3 Å². The number of nitroso groups, excluding NO2 is 1. The predicted molar refractivity (Wildman–Crippen MR) is 50.6 cm³/mol. The van der Waals surface area contributed by atoms with Crippen molar-refractivity contribution in [3.05, 3.63) is 4.91 Å². The second kappa shape index (κ2) is 7.13. The van der Waals surface area contributed by atoms with E-state index < -0.39 is 27.6 Å². The molecule has 0 heterocycles. The summed E-state index contributed by atoms with van der Waals surface area (Å²) in [4.78, 5) is 10.2. The molecule has 84 valence electrons. The molecule has 0 aromatic rings. The summed E-state index contributed by atoms with van der Waals surface area (Å²) in [5.41, 5.74) is 0.549. The summed E-state index contributed by atoms with van der Waals surface area (Å²) in [6.07, 6.45) is 0. The van der Waals surface area contributed by atoms with Gasteiger partial charge in [0, 0.05) is 0 Å². The maximum absolute atomic E-state index is 10.2. The van der Waals surface area contributed by atoms with Crippen LogP contribution in [0.2, 0.25) is 0 Å². The van der Waals surface area contributed by atoms with Gasteiger partial charge in [-0.15, -0.1) is 0 Å². The van der Waals surface area contributed by atoms with E-state index in [9.17, 15) is 4.91 Å². The zero-order valence-corrected chi connectivity index (χ0v) is 11.7. The molecule has 4 nitrogen and oxygen atoms in total. The number of nitrogens with zero attached hydrogens (tertiary/aromatic N) is 1. The summed E-state index contributed by atoms with van der Waals surface area (Å²) in [7, 11) is 9.75. The third-order valence-corrected chi connectivity index (χ3v) is 2.04. The summed E-state index contributed by atoms with van der Waals surface area (Å²) in [5.74, 6) is 0. The molecule has 0 fully saturated rings. The van der Waals surface area contributed by atoms with E-state index in [1.807, 2.05) is 5.48 Å². The number of hydrogen-bond acceptors (Lipinski definition) is 4. The molecule has 0 aliphatic heterocycles. The molecule has 0 aliphatic carbocycles. The Morgan fingerprint density at radius 1 is 1.31 bits per heavy atom. The topological polar surface area (TPSA) is 61.7 Å². The fourth-order valence-electron chi connectivity index (χ4n) is 0.251. The van der Waals surface area contributed by atoms with Crippen LogP contribution in [0.25, 0.3) is 0 Å². The monoisotopic (exact) mass is 411 g/mol. The van der Waals surface area contributed by atoms with E-state index in [1.165, 1.54) is 0 Å². The molecule has 2 N–H and O–H groups in total. The zero-order valence-electron chi connectivity index (χ0n) is 7.87. The second-order valence-corrected chi connectivity index (χ2v) is 6.72. The summed E-state index contributed by atoms with van der Waals surface area (Å²) in [6.45, 7) is 6.72. The molecule has 0 saturated carbocycles. The standard InChI is InChI=1S/C6H14N2O2.2ClH.Pt/c1-5(2,7-9)6(3,4)8-10;;;/h7,9H,1-4H3;2*1H;/q;;;+2/p-2. The second-order valence-electron chi connectivity index (χ2n) is 3.43. The summed E-state index contributed by atoms with van der Waals surface area (Å²) >= 11 is -0.472. The van der Waals surface area contributed by atoms with Crippen LogP contribution in [0.15, 0.2) is 5.18 Å². The maximum atomic E-state index is 10.2. The van der Waals surface area contributed by atoms with E-state index in [2.05, 4.69) is 5.18 Å². The van der Waals surface area contributed by atoms with Crippen molar-refractivity contribution in [1.82, 2.24) is 5.48 Å². The molecule has 0 aromatic heterocycles. The van der Waals surface area contributed by atoms with Crippen molar-refractivity contribution in [2.45, 2.75) is 38.8 Å². The van der Waals surface area contributed by atoms with Crippen molar-refractivity contribution >= 4 is 18.8 Å². The Hall–Kier alpha value is 0.788. The van der Waals surface area contributed by atoms with Gasteiger partial charge in [-0.1, -0.05) is 5.18 Å². The molecule has 0 saturated heterocycles. The average molecular weight is 412 g/mol. The first-order valence-corrected chi connectivity index (χ1v) is 9.00. The first kappa shape index (κ1) is 16.2. The Kier molecular flexibility index (Phi) is 8.90. The van der Waals surface area contributed by atoms with Crippen molar-refractivity contribution in [3.63, 3.8) is 0 Å². The molecular weight excluding hydrogens is 398 g/mol. The first-order chi connectivity index (χ1) is 5.79. The summed E-state index contributed by atoms with van der Waals surface area (Å²) < 4.78 is 0. The van der Waals surface area contributed by atoms with E-state index in [0.29, 0.717) is 0 Å². The molecule has 0 rings (SSSR count). The van der Waals surface area contributed by atoms with Gasteiger partial charge in [0.05, 0.1) is 5.54 Å². The van der Waals surface area contributed by atoms with Gasteiger partial charge in [0.2, 0.25) is 0 Å². The molecule has 7 heteroatoms.